The number of aromatic nitrogens is 1. The Hall–Kier alpha value is -2.86. The Morgan fingerprint density at radius 3 is 2.86 bits per heavy atom. The van der Waals surface area contributed by atoms with Crippen molar-refractivity contribution in [3.05, 3.63) is 59.9 Å². The molecule has 1 N–H and O–H groups in total. The van der Waals surface area contributed by atoms with Crippen molar-refractivity contribution in [3.63, 3.8) is 0 Å². The molecule has 0 radical (unpaired) electrons. The highest BCUT2D eigenvalue weighted by molar-refractivity contribution is 5.92. The molecule has 148 valence electrons. The highest BCUT2D eigenvalue weighted by atomic mass is 16.5. The minimum atomic E-state index is -0.0838. The van der Waals surface area contributed by atoms with Crippen molar-refractivity contribution in [1.29, 1.82) is 0 Å². The lowest BCUT2D eigenvalue weighted by Crippen LogP contribution is -2.47. The van der Waals surface area contributed by atoms with E-state index in [9.17, 15) is 4.79 Å². The number of methoxy groups -OCH3 is 2. The third-order valence-electron chi connectivity index (χ3n) is 4.80. The zero-order valence-electron chi connectivity index (χ0n) is 16.4. The maximum absolute atomic E-state index is 12.3. The van der Waals surface area contributed by atoms with Crippen LogP contribution < -0.4 is 14.8 Å². The van der Waals surface area contributed by atoms with Gasteiger partial charge in [-0.2, -0.15) is 0 Å². The predicted molar refractivity (Wildman–Crippen MR) is 109 cm³/mol. The molecule has 1 aromatic heterocycles. The molecule has 0 saturated carbocycles. The monoisotopic (exact) mass is 381 g/mol. The molecule has 0 aliphatic carbocycles. The molecule has 0 spiro atoms. The lowest BCUT2D eigenvalue weighted by atomic mass is 10.1. The molecule has 6 heteroatoms. The van der Waals surface area contributed by atoms with Crippen LogP contribution in [0.3, 0.4) is 0 Å². The van der Waals surface area contributed by atoms with Crippen LogP contribution >= 0.6 is 0 Å². The number of pyridine rings is 1. The first-order valence-corrected chi connectivity index (χ1v) is 9.51. The van der Waals surface area contributed by atoms with E-state index in [1.54, 1.807) is 26.4 Å². The van der Waals surface area contributed by atoms with Gasteiger partial charge in [0, 0.05) is 31.4 Å². The van der Waals surface area contributed by atoms with Crippen LogP contribution in [0.4, 0.5) is 0 Å². The van der Waals surface area contributed by atoms with E-state index in [0.29, 0.717) is 11.5 Å². The molecule has 1 aliphatic heterocycles. The van der Waals surface area contributed by atoms with Crippen LogP contribution in [0.2, 0.25) is 0 Å². The molecule has 1 amide bonds. The summed E-state index contributed by atoms with van der Waals surface area (Å²) in [6.45, 7) is 2.69. The number of hydrogen-bond donors (Lipinski definition) is 1. The van der Waals surface area contributed by atoms with Crippen LogP contribution in [0.15, 0.2) is 48.7 Å². The van der Waals surface area contributed by atoms with Gasteiger partial charge >= 0.3 is 0 Å². The van der Waals surface area contributed by atoms with E-state index < -0.39 is 0 Å². The van der Waals surface area contributed by atoms with Crippen molar-refractivity contribution in [2.24, 2.45) is 0 Å². The second kappa shape index (κ2) is 9.90. The fourth-order valence-corrected chi connectivity index (χ4v) is 3.42. The van der Waals surface area contributed by atoms with Crippen molar-refractivity contribution < 1.29 is 14.3 Å². The van der Waals surface area contributed by atoms with Gasteiger partial charge in [-0.25, -0.2) is 0 Å². The second-order valence-electron chi connectivity index (χ2n) is 6.85. The summed E-state index contributed by atoms with van der Waals surface area (Å²) in [6.07, 6.45) is 7.23. The molecule has 1 fully saturated rings. The van der Waals surface area contributed by atoms with E-state index in [-0.39, 0.29) is 11.9 Å². The molecule has 28 heavy (non-hydrogen) atoms. The van der Waals surface area contributed by atoms with Crippen molar-refractivity contribution in [2.75, 3.05) is 27.3 Å². The molecule has 1 atom stereocenters. The maximum atomic E-state index is 12.3. The lowest BCUT2D eigenvalue weighted by Gasteiger charge is -2.32. The minimum absolute atomic E-state index is 0.0838. The second-order valence-corrected chi connectivity index (χ2v) is 6.85. The van der Waals surface area contributed by atoms with E-state index in [1.165, 1.54) is 0 Å². The highest BCUT2D eigenvalue weighted by Crippen LogP contribution is 2.27. The van der Waals surface area contributed by atoms with Gasteiger partial charge in [0.15, 0.2) is 11.5 Å². The third-order valence-corrected chi connectivity index (χ3v) is 4.80. The largest absolute Gasteiger partial charge is 0.493 e. The lowest BCUT2D eigenvalue weighted by molar-refractivity contribution is -0.117. The topological polar surface area (TPSA) is 63.7 Å². The summed E-state index contributed by atoms with van der Waals surface area (Å²) in [4.78, 5) is 19.1. The number of carbonyl (C=O) groups is 1. The first-order chi connectivity index (χ1) is 13.7. The Labute approximate surface area is 166 Å². The normalized spacial score (nSPS) is 17.4. The number of likely N-dealkylation sites (tertiary alicyclic amines) is 1. The van der Waals surface area contributed by atoms with E-state index in [2.05, 4.69) is 15.2 Å². The number of rotatable bonds is 7. The van der Waals surface area contributed by atoms with Crippen LogP contribution in [0.5, 0.6) is 11.5 Å². The van der Waals surface area contributed by atoms with Gasteiger partial charge in [0.05, 0.1) is 19.9 Å². The summed E-state index contributed by atoms with van der Waals surface area (Å²) in [6, 6.07) is 11.7. The smallest absolute Gasteiger partial charge is 0.244 e. The molecule has 0 bridgehead atoms. The van der Waals surface area contributed by atoms with Gasteiger partial charge in [-0.1, -0.05) is 12.1 Å². The SMILES string of the molecule is COc1ccc(/C=C/C(=O)N[C@@H]2CCCN(Cc3ccccn3)C2)cc1OC. The number of hydrogen-bond acceptors (Lipinski definition) is 5. The minimum Gasteiger partial charge on any atom is -0.493 e. The summed E-state index contributed by atoms with van der Waals surface area (Å²) >= 11 is 0. The van der Waals surface area contributed by atoms with Gasteiger partial charge in [-0.05, 0) is 55.3 Å². The van der Waals surface area contributed by atoms with E-state index in [1.807, 2.05) is 42.6 Å². The fraction of sp³-hybridized carbons (Fsp3) is 0.364. The molecule has 0 unspecified atom stereocenters. The van der Waals surface area contributed by atoms with Crippen LogP contribution in [-0.2, 0) is 11.3 Å². The third kappa shape index (κ3) is 5.57. The Bertz CT molecular complexity index is 808. The van der Waals surface area contributed by atoms with Gasteiger partial charge in [-0.3, -0.25) is 14.7 Å². The Kier molecular flexibility index (Phi) is 7.03. The number of piperidine rings is 1. The maximum Gasteiger partial charge on any atom is 0.244 e. The summed E-state index contributed by atoms with van der Waals surface area (Å²) in [5, 5.41) is 3.11. The quantitative estimate of drug-likeness (QED) is 0.747. The van der Waals surface area contributed by atoms with Gasteiger partial charge in [0.1, 0.15) is 0 Å². The van der Waals surface area contributed by atoms with E-state index in [0.717, 1.165) is 43.7 Å². The molecule has 3 rings (SSSR count). The first kappa shape index (κ1) is 19.9. The average molecular weight is 381 g/mol. The number of benzene rings is 1. The zero-order valence-corrected chi connectivity index (χ0v) is 16.4. The van der Waals surface area contributed by atoms with Crippen LogP contribution in [0, 0.1) is 0 Å². The number of carbonyl (C=O) groups excluding carboxylic acids is 1. The van der Waals surface area contributed by atoms with E-state index in [4.69, 9.17) is 9.47 Å². The summed E-state index contributed by atoms with van der Waals surface area (Å²) in [7, 11) is 3.19. The summed E-state index contributed by atoms with van der Waals surface area (Å²) < 4.78 is 10.5. The zero-order chi connectivity index (χ0) is 19.8. The molecular formula is C22H27N3O3. The van der Waals surface area contributed by atoms with Gasteiger partial charge in [0.2, 0.25) is 5.91 Å². The van der Waals surface area contributed by atoms with Crippen LogP contribution in [-0.4, -0.2) is 49.1 Å². The van der Waals surface area contributed by atoms with Crippen molar-refractivity contribution in [2.45, 2.75) is 25.4 Å². The molecule has 6 nitrogen and oxygen atoms in total. The van der Waals surface area contributed by atoms with Crippen molar-refractivity contribution in [1.82, 2.24) is 15.2 Å². The molecule has 2 aromatic rings. The summed E-state index contributed by atoms with van der Waals surface area (Å²) in [5.41, 5.74) is 1.94. The highest BCUT2D eigenvalue weighted by Gasteiger charge is 2.21. The van der Waals surface area contributed by atoms with Gasteiger partial charge in [0.25, 0.3) is 0 Å². The average Bonchev–Trinajstić information content (AvgIpc) is 2.73. The van der Waals surface area contributed by atoms with Crippen LogP contribution in [0.25, 0.3) is 6.08 Å². The predicted octanol–water partition coefficient (Wildman–Crippen LogP) is 2.89. The van der Waals surface area contributed by atoms with Crippen LogP contribution in [0.1, 0.15) is 24.1 Å². The number of ether oxygens (including phenoxy) is 2. The van der Waals surface area contributed by atoms with Crippen molar-refractivity contribution in [3.8, 4) is 11.5 Å². The standard InChI is InChI=1S/C22H27N3O3/c1-27-20-10-8-17(14-21(20)28-2)9-11-22(26)24-19-7-5-13-25(16-19)15-18-6-3-4-12-23-18/h3-4,6,8-12,14,19H,5,7,13,15-16H2,1-2H3,(H,24,26)/b11-9+/t19-/m1/s1. The Balaban J connectivity index is 1.53. The fourth-order valence-electron chi connectivity index (χ4n) is 3.42. The Morgan fingerprint density at radius 2 is 2.11 bits per heavy atom. The molecule has 1 aliphatic rings. The number of nitrogens with one attached hydrogen (secondary N) is 1. The summed E-state index contributed by atoms with van der Waals surface area (Å²) in [5.74, 6) is 1.22. The first-order valence-electron chi connectivity index (χ1n) is 9.51. The van der Waals surface area contributed by atoms with Crippen molar-refractivity contribution >= 4 is 12.0 Å². The van der Waals surface area contributed by atoms with E-state index >= 15 is 0 Å². The molecular weight excluding hydrogens is 354 g/mol. The number of nitrogens with zero attached hydrogens (tertiary/aromatic N) is 2. The Morgan fingerprint density at radius 1 is 1.25 bits per heavy atom. The number of amides is 1. The molecule has 1 aromatic carbocycles. The molecule has 2 heterocycles. The van der Waals surface area contributed by atoms with Gasteiger partial charge in [-0.15, -0.1) is 0 Å². The molecule has 1 saturated heterocycles. The van der Waals surface area contributed by atoms with Gasteiger partial charge < -0.3 is 14.8 Å².